The Kier molecular flexibility index (Phi) is 7.19. The van der Waals surface area contributed by atoms with Gasteiger partial charge in [-0.3, -0.25) is 14.5 Å². The number of rotatable bonds is 7. The predicted octanol–water partition coefficient (Wildman–Crippen LogP) is 2.55. The number of halogens is 1. The number of aryl methyl sites for hydroxylation is 1. The third-order valence-electron chi connectivity index (χ3n) is 5.01. The molecular formula is C22H26FN3O3. The number of carbonyl (C=O) groups excluding carboxylic acids is 2. The number of ether oxygens (including phenoxy) is 1. The molecule has 0 atom stereocenters. The highest BCUT2D eigenvalue weighted by molar-refractivity contribution is 5.92. The minimum Gasteiger partial charge on any atom is -0.497 e. The number of carbonyl (C=O) groups is 2. The van der Waals surface area contributed by atoms with Crippen molar-refractivity contribution in [3.63, 3.8) is 0 Å². The lowest BCUT2D eigenvalue weighted by Gasteiger charge is -2.34. The van der Waals surface area contributed by atoms with E-state index in [1.165, 1.54) is 24.3 Å². The lowest BCUT2D eigenvalue weighted by Crippen LogP contribution is -2.50. The minimum atomic E-state index is -0.337. The first kappa shape index (κ1) is 20.8. The van der Waals surface area contributed by atoms with E-state index < -0.39 is 0 Å². The first-order chi connectivity index (χ1) is 14.0. The van der Waals surface area contributed by atoms with Crippen LogP contribution in [0.2, 0.25) is 0 Å². The van der Waals surface area contributed by atoms with E-state index in [-0.39, 0.29) is 24.2 Å². The summed E-state index contributed by atoms with van der Waals surface area (Å²) < 4.78 is 18.1. The van der Waals surface area contributed by atoms with Crippen LogP contribution < -0.4 is 10.1 Å². The van der Waals surface area contributed by atoms with Crippen molar-refractivity contribution in [1.29, 1.82) is 0 Å². The average molecular weight is 399 g/mol. The molecule has 1 aliphatic heterocycles. The standard InChI is InChI=1S/C22H26FN3O3/c1-29-20-9-2-17(3-10-20)4-11-22(28)26-14-12-25(13-15-26)16-21(27)24-19-7-5-18(23)6-8-19/h2-3,5-10H,4,11-16H2,1H3,(H,24,27). The Morgan fingerprint density at radius 2 is 1.66 bits per heavy atom. The van der Waals surface area contributed by atoms with Crippen LogP contribution in [0.15, 0.2) is 48.5 Å². The molecule has 1 aliphatic rings. The van der Waals surface area contributed by atoms with Crippen molar-refractivity contribution in [2.45, 2.75) is 12.8 Å². The SMILES string of the molecule is COc1ccc(CCC(=O)N2CCN(CC(=O)Nc3ccc(F)cc3)CC2)cc1. The Bertz CT molecular complexity index is 816. The van der Waals surface area contributed by atoms with Crippen LogP contribution in [0, 0.1) is 5.82 Å². The third-order valence-corrected chi connectivity index (χ3v) is 5.01. The number of methoxy groups -OCH3 is 1. The van der Waals surface area contributed by atoms with Gasteiger partial charge in [0, 0.05) is 38.3 Å². The van der Waals surface area contributed by atoms with Gasteiger partial charge in [0.25, 0.3) is 0 Å². The quantitative estimate of drug-likeness (QED) is 0.777. The second-order valence-electron chi connectivity index (χ2n) is 7.06. The molecule has 0 aliphatic carbocycles. The van der Waals surface area contributed by atoms with Crippen molar-refractivity contribution < 1.29 is 18.7 Å². The summed E-state index contributed by atoms with van der Waals surface area (Å²) in [4.78, 5) is 28.5. The molecule has 1 saturated heterocycles. The number of hydrogen-bond donors (Lipinski definition) is 1. The van der Waals surface area contributed by atoms with E-state index in [0.29, 0.717) is 44.7 Å². The maximum atomic E-state index is 12.9. The molecule has 3 rings (SSSR count). The molecule has 2 aromatic carbocycles. The van der Waals surface area contributed by atoms with E-state index >= 15 is 0 Å². The summed E-state index contributed by atoms with van der Waals surface area (Å²) in [6.45, 7) is 2.80. The van der Waals surface area contributed by atoms with Crippen LogP contribution in [0.4, 0.5) is 10.1 Å². The highest BCUT2D eigenvalue weighted by Crippen LogP contribution is 2.14. The lowest BCUT2D eigenvalue weighted by molar-refractivity contribution is -0.133. The molecule has 7 heteroatoms. The number of piperazine rings is 1. The van der Waals surface area contributed by atoms with Gasteiger partial charge in [0.2, 0.25) is 11.8 Å². The van der Waals surface area contributed by atoms with Gasteiger partial charge in [-0.25, -0.2) is 4.39 Å². The van der Waals surface area contributed by atoms with Gasteiger partial charge in [0.05, 0.1) is 13.7 Å². The molecule has 2 amide bonds. The summed E-state index contributed by atoms with van der Waals surface area (Å²) in [6.07, 6.45) is 1.17. The highest BCUT2D eigenvalue weighted by Gasteiger charge is 2.22. The molecule has 29 heavy (non-hydrogen) atoms. The molecule has 154 valence electrons. The van der Waals surface area contributed by atoms with Gasteiger partial charge >= 0.3 is 0 Å². The van der Waals surface area contributed by atoms with Crippen LogP contribution in [0.5, 0.6) is 5.75 Å². The summed E-state index contributed by atoms with van der Waals surface area (Å²) in [7, 11) is 1.63. The number of anilines is 1. The summed E-state index contributed by atoms with van der Waals surface area (Å²) >= 11 is 0. The molecule has 1 heterocycles. The molecule has 0 unspecified atom stereocenters. The number of nitrogens with zero attached hydrogens (tertiary/aromatic N) is 2. The van der Waals surface area contributed by atoms with Gasteiger partial charge in [-0.2, -0.15) is 0 Å². The van der Waals surface area contributed by atoms with E-state index in [1.807, 2.05) is 34.1 Å². The molecule has 1 fully saturated rings. The van der Waals surface area contributed by atoms with E-state index in [0.717, 1.165) is 11.3 Å². The predicted molar refractivity (Wildman–Crippen MR) is 109 cm³/mol. The van der Waals surface area contributed by atoms with E-state index in [2.05, 4.69) is 5.32 Å². The Balaban J connectivity index is 1.38. The molecular weight excluding hydrogens is 373 g/mol. The van der Waals surface area contributed by atoms with Crippen LogP contribution in [0.25, 0.3) is 0 Å². The van der Waals surface area contributed by atoms with Crippen molar-refractivity contribution in [2.24, 2.45) is 0 Å². The monoisotopic (exact) mass is 399 g/mol. The fraction of sp³-hybridized carbons (Fsp3) is 0.364. The smallest absolute Gasteiger partial charge is 0.238 e. The van der Waals surface area contributed by atoms with Crippen LogP contribution in [-0.2, 0) is 16.0 Å². The Morgan fingerprint density at radius 3 is 2.28 bits per heavy atom. The molecule has 0 saturated carbocycles. The Morgan fingerprint density at radius 1 is 1.00 bits per heavy atom. The number of benzene rings is 2. The highest BCUT2D eigenvalue weighted by atomic mass is 19.1. The topological polar surface area (TPSA) is 61.9 Å². The molecule has 1 N–H and O–H groups in total. The summed E-state index contributed by atoms with van der Waals surface area (Å²) in [5.74, 6) is 0.461. The first-order valence-electron chi connectivity index (χ1n) is 9.72. The minimum absolute atomic E-state index is 0.135. The molecule has 0 spiro atoms. The van der Waals surface area contributed by atoms with E-state index in [4.69, 9.17) is 4.74 Å². The molecule has 0 bridgehead atoms. The molecule has 6 nitrogen and oxygen atoms in total. The Hall–Kier alpha value is -2.93. The fourth-order valence-electron chi connectivity index (χ4n) is 3.29. The van der Waals surface area contributed by atoms with Gasteiger partial charge in [-0.05, 0) is 48.4 Å². The Labute approximate surface area is 170 Å². The summed E-state index contributed by atoms with van der Waals surface area (Å²) in [6, 6.07) is 13.4. The normalized spacial score (nSPS) is 14.5. The zero-order valence-electron chi connectivity index (χ0n) is 16.6. The third kappa shape index (κ3) is 6.29. The van der Waals surface area contributed by atoms with Gasteiger partial charge in [-0.1, -0.05) is 12.1 Å². The van der Waals surface area contributed by atoms with Crippen molar-refractivity contribution in [2.75, 3.05) is 45.2 Å². The van der Waals surface area contributed by atoms with Gasteiger partial charge < -0.3 is 15.0 Å². The average Bonchev–Trinajstić information content (AvgIpc) is 2.74. The zero-order valence-corrected chi connectivity index (χ0v) is 16.6. The maximum Gasteiger partial charge on any atom is 0.238 e. The summed E-state index contributed by atoms with van der Waals surface area (Å²) in [5.41, 5.74) is 1.68. The molecule has 0 aromatic heterocycles. The second-order valence-corrected chi connectivity index (χ2v) is 7.06. The maximum absolute atomic E-state index is 12.9. The van der Waals surface area contributed by atoms with Gasteiger partial charge in [0.1, 0.15) is 11.6 Å². The van der Waals surface area contributed by atoms with E-state index in [9.17, 15) is 14.0 Å². The lowest BCUT2D eigenvalue weighted by atomic mass is 10.1. The van der Waals surface area contributed by atoms with Gasteiger partial charge in [0.15, 0.2) is 0 Å². The van der Waals surface area contributed by atoms with Gasteiger partial charge in [-0.15, -0.1) is 0 Å². The van der Waals surface area contributed by atoms with Crippen LogP contribution in [-0.4, -0.2) is 61.4 Å². The van der Waals surface area contributed by atoms with E-state index in [1.54, 1.807) is 7.11 Å². The van der Waals surface area contributed by atoms with Crippen molar-refractivity contribution >= 4 is 17.5 Å². The summed E-state index contributed by atoms with van der Waals surface area (Å²) in [5, 5.41) is 2.76. The first-order valence-corrected chi connectivity index (χ1v) is 9.72. The molecule has 0 radical (unpaired) electrons. The van der Waals surface area contributed by atoms with Crippen LogP contribution in [0.1, 0.15) is 12.0 Å². The fourth-order valence-corrected chi connectivity index (χ4v) is 3.29. The second kappa shape index (κ2) is 10.0. The van der Waals surface area contributed by atoms with Crippen molar-refractivity contribution in [3.8, 4) is 5.75 Å². The van der Waals surface area contributed by atoms with Crippen molar-refractivity contribution in [3.05, 3.63) is 59.9 Å². The molecule has 2 aromatic rings. The van der Waals surface area contributed by atoms with Crippen LogP contribution in [0.3, 0.4) is 0 Å². The number of amides is 2. The van der Waals surface area contributed by atoms with Crippen LogP contribution >= 0.6 is 0 Å². The van der Waals surface area contributed by atoms with Crippen molar-refractivity contribution in [1.82, 2.24) is 9.80 Å². The number of hydrogen-bond acceptors (Lipinski definition) is 4. The zero-order chi connectivity index (χ0) is 20.6. The largest absolute Gasteiger partial charge is 0.497 e. The number of nitrogens with one attached hydrogen (secondary N) is 1.